The Kier molecular flexibility index (Phi) is 5.05. The van der Waals surface area contributed by atoms with E-state index in [0.717, 1.165) is 24.9 Å². The van der Waals surface area contributed by atoms with Crippen LogP contribution in [0.3, 0.4) is 0 Å². The molecule has 2 heterocycles. The predicted octanol–water partition coefficient (Wildman–Crippen LogP) is 3.00. The molecule has 2 aliphatic rings. The molecule has 2 saturated heterocycles. The first kappa shape index (κ1) is 17.3. The molecule has 4 rings (SSSR count). The van der Waals surface area contributed by atoms with E-state index in [1.165, 1.54) is 18.4 Å². The molecule has 0 spiro atoms. The van der Waals surface area contributed by atoms with Crippen LogP contribution < -0.4 is 11.1 Å². The van der Waals surface area contributed by atoms with Gasteiger partial charge in [0.15, 0.2) is 0 Å². The summed E-state index contributed by atoms with van der Waals surface area (Å²) in [5, 5.41) is 3.21. The van der Waals surface area contributed by atoms with Crippen molar-refractivity contribution in [2.75, 3.05) is 0 Å². The van der Waals surface area contributed by atoms with Gasteiger partial charge in [-0.15, -0.1) is 0 Å². The monoisotopic (exact) mass is 349 g/mol. The Hall–Kier alpha value is -2.17. The molecule has 2 fully saturated rings. The van der Waals surface area contributed by atoms with Gasteiger partial charge in [0.25, 0.3) is 0 Å². The molecule has 3 unspecified atom stereocenters. The highest BCUT2D eigenvalue weighted by atomic mass is 16.2. The third kappa shape index (κ3) is 3.67. The van der Waals surface area contributed by atoms with Crippen molar-refractivity contribution in [3.8, 4) is 0 Å². The van der Waals surface area contributed by atoms with Crippen molar-refractivity contribution in [2.45, 2.75) is 56.4 Å². The van der Waals surface area contributed by atoms with Gasteiger partial charge < -0.3 is 11.1 Å². The predicted molar refractivity (Wildman–Crippen MR) is 103 cm³/mol. The van der Waals surface area contributed by atoms with E-state index in [1.54, 1.807) is 0 Å². The van der Waals surface area contributed by atoms with Gasteiger partial charge in [-0.3, -0.25) is 9.69 Å². The Morgan fingerprint density at radius 3 is 2.19 bits per heavy atom. The number of carbonyl (C=O) groups is 1. The summed E-state index contributed by atoms with van der Waals surface area (Å²) in [5.41, 5.74) is 8.39. The molecule has 3 atom stereocenters. The van der Waals surface area contributed by atoms with Crippen molar-refractivity contribution in [1.29, 1.82) is 0 Å². The largest absolute Gasteiger partial charge is 0.352 e. The Morgan fingerprint density at radius 2 is 1.58 bits per heavy atom. The van der Waals surface area contributed by atoms with E-state index in [4.69, 9.17) is 5.73 Å². The lowest BCUT2D eigenvalue weighted by Gasteiger charge is -2.39. The van der Waals surface area contributed by atoms with E-state index in [0.29, 0.717) is 12.1 Å². The van der Waals surface area contributed by atoms with Crippen LogP contribution in [0.15, 0.2) is 60.7 Å². The zero-order valence-corrected chi connectivity index (χ0v) is 15.1. The molecule has 26 heavy (non-hydrogen) atoms. The lowest BCUT2D eigenvalue weighted by atomic mass is 9.95. The fourth-order valence-electron chi connectivity index (χ4n) is 4.55. The van der Waals surface area contributed by atoms with Gasteiger partial charge in [0.1, 0.15) is 6.04 Å². The van der Waals surface area contributed by atoms with Crippen LogP contribution in [-0.4, -0.2) is 28.9 Å². The topological polar surface area (TPSA) is 58.4 Å². The number of amides is 1. The SMILES string of the molecule is NC(C(=O)NC1CC2CCC(C1)N2Cc1ccccc1)c1ccccc1. The molecule has 2 aromatic rings. The van der Waals surface area contributed by atoms with E-state index in [1.807, 2.05) is 30.3 Å². The molecule has 2 bridgehead atoms. The van der Waals surface area contributed by atoms with Crippen LogP contribution in [0.25, 0.3) is 0 Å². The van der Waals surface area contributed by atoms with Gasteiger partial charge in [0, 0.05) is 24.7 Å². The van der Waals surface area contributed by atoms with E-state index in [9.17, 15) is 4.79 Å². The summed E-state index contributed by atoms with van der Waals surface area (Å²) in [7, 11) is 0. The number of piperidine rings is 1. The minimum Gasteiger partial charge on any atom is -0.352 e. The van der Waals surface area contributed by atoms with Gasteiger partial charge in [0.05, 0.1) is 0 Å². The third-order valence-electron chi connectivity index (χ3n) is 5.88. The minimum atomic E-state index is -0.587. The second-order valence-corrected chi connectivity index (χ2v) is 7.61. The highest BCUT2D eigenvalue weighted by molar-refractivity contribution is 5.83. The summed E-state index contributed by atoms with van der Waals surface area (Å²) in [4.78, 5) is 15.2. The van der Waals surface area contributed by atoms with Crippen LogP contribution in [0.5, 0.6) is 0 Å². The molecule has 0 aromatic heterocycles. The van der Waals surface area contributed by atoms with Gasteiger partial charge in [-0.2, -0.15) is 0 Å². The summed E-state index contributed by atoms with van der Waals surface area (Å²) in [6.45, 7) is 1.01. The maximum absolute atomic E-state index is 12.6. The highest BCUT2D eigenvalue weighted by Gasteiger charge is 2.41. The number of carbonyl (C=O) groups excluding carboxylic acids is 1. The number of hydrogen-bond acceptors (Lipinski definition) is 3. The minimum absolute atomic E-state index is 0.0582. The van der Waals surface area contributed by atoms with E-state index < -0.39 is 6.04 Å². The molecule has 2 aliphatic heterocycles. The first-order chi connectivity index (χ1) is 12.7. The van der Waals surface area contributed by atoms with Crippen molar-refractivity contribution in [1.82, 2.24) is 10.2 Å². The van der Waals surface area contributed by atoms with E-state index in [-0.39, 0.29) is 11.9 Å². The zero-order valence-electron chi connectivity index (χ0n) is 15.1. The van der Waals surface area contributed by atoms with Crippen molar-refractivity contribution in [3.05, 3.63) is 71.8 Å². The summed E-state index contributed by atoms with van der Waals surface area (Å²) in [6, 6.07) is 21.1. The first-order valence-corrected chi connectivity index (χ1v) is 9.61. The normalized spacial score (nSPS) is 26.4. The molecule has 0 aliphatic carbocycles. The van der Waals surface area contributed by atoms with Gasteiger partial charge in [-0.25, -0.2) is 0 Å². The standard InChI is InChI=1S/C22H27N3O/c23-21(17-9-5-2-6-10-17)22(26)24-18-13-19-11-12-20(14-18)25(19)15-16-7-3-1-4-8-16/h1-10,18-21H,11-15,23H2,(H,24,26). The Bertz CT molecular complexity index is 720. The molecule has 0 radical (unpaired) electrons. The third-order valence-corrected chi connectivity index (χ3v) is 5.88. The smallest absolute Gasteiger partial charge is 0.241 e. The van der Waals surface area contributed by atoms with Gasteiger partial charge in [-0.05, 0) is 36.8 Å². The summed E-state index contributed by atoms with van der Waals surface area (Å²) >= 11 is 0. The number of nitrogens with zero attached hydrogens (tertiary/aromatic N) is 1. The number of nitrogens with two attached hydrogens (primary N) is 1. The second kappa shape index (κ2) is 7.60. The molecule has 0 saturated carbocycles. The lowest BCUT2D eigenvalue weighted by molar-refractivity contribution is -0.123. The van der Waals surface area contributed by atoms with Crippen LogP contribution in [0.1, 0.15) is 42.9 Å². The quantitative estimate of drug-likeness (QED) is 0.872. The van der Waals surface area contributed by atoms with Crippen LogP contribution in [0.4, 0.5) is 0 Å². The van der Waals surface area contributed by atoms with Crippen molar-refractivity contribution >= 4 is 5.91 Å². The molecule has 3 N–H and O–H groups in total. The van der Waals surface area contributed by atoms with Gasteiger partial charge in [0.2, 0.25) is 5.91 Å². The van der Waals surface area contributed by atoms with E-state index in [2.05, 4.69) is 40.5 Å². The molecule has 4 heteroatoms. The number of fused-ring (bicyclic) bond motifs is 2. The Labute approximate surface area is 155 Å². The average Bonchev–Trinajstić information content (AvgIpc) is 2.91. The average molecular weight is 349 g/mol. The van der Waals surface area contributed by atoms with Crippen LogP contribution >= 0.6 is 0 Å². The summed E-state index contributed by atoms with van der Waals surface area (Å²) < 4.78 is 0. The van der Waals surface area contributed by atoms with Gasteiger partial charge in [-0.1, -0.05) is 60.7 Å². The fourth-order valence-corrected chi connectivity index (χ4v) is 4.55. The molecule has 1 amide bonds. The van der Waals surface area contributed by atoms with Crippen LogP contribution in [-0.2, 0) is 11.3 Å². The number of hydrogen-bond donors (Lipinski definition) is 2. The van der Waals surface area contributed by atoms with Gasteiger partial charge >= 0.3 is 0 Å². The Morgan fingerprint density at radius 1 is 1.00 bits per heavy atom. The van der Waals surface area contributed by atoms with Crippen LogP contribution in [0.2, 0.25) is 0 Å². The lowest BCUT2D eigenvalue weighted by Crippen LogP contribution is -2.51. The number of benzene rings is 2. The van der Waals surface area contributed by atoms with Crippen LogP contribution in [0, 0.1) is 0 Å². The molecule has 2 aromatic carbocycles. The maximum Gasteiger partial charge on any atom is 0.241 e. The molecular weight excluding hydrogens is 322 g/mol. The number of nitrogens with one attached hydrogen (secondary N) is 1. The maximum atomic E-state index is 12.6. The first-order valence-electron chi connectivity index (χ1n) is 9.61. The zero-order chi connectivity index (χ0) is 17.9. The summed E-state index contributed by atoms with van der Waals surface area (Å²) in [6.07, 6.45) is 4.51. The highest BCUT2D eigenvalue weighted by Crippen LogP contribution is 2.37. The molecule has 4 nitrogen and oxygen atoms in total. The fraction of sp³-hybridized carbons (Fsp3) is 0.409. The Balaban J connectivity index is 1.36. The van der Waals surface area contributed by atoms with Crippen molar-refractivity contribution in [2.24, 2.45) is 5.73 Å². The van der Waals surface area contributed by atoms with Crippen molar-refractivity contribution in [3.63, 3.8) is 0 Å². The second-order valence-electron chi connectivity index (χ2n) is 7.61. The van der Waals surface area contributed by atoms with E-state index >= 15 is 0 Å². The summed E-state index contributed by atoms with van der Waals surface area (Å²) in [5.74, 6) is -0.0582. The molecule has 136 valence electrons. The number of rotatable bonds is 5. The van der Waals surface area contributed by atoms with Crippen molar-refractivity contribution < 1.29 is 4.79 Å². The molecular formula is C22H27N3O.